The van der Waals surface area contributed by atoms with Crippen molar-refractivity contribution < 1.29 is 9.53 Å². The first-order valence-corrected chi connectivity index (χ1v) is 7.61. The summed E-state index contributed by atoms with van der Waals surface area (Å²) in [6.45, 7) is 1.82. The zero-order chi connectivity index (χ0) is 15.4. The van der Waals surface area contributed by atoms with Crippen LogP contribution in [0.2, 0.25) is 10.0 Å². The number of rotatable bonds is 3. The zero-order valence-corrected chi connectivity index (χ0v) is 14.2. The lowest BCUT2D eigenvalue weighted by molar-refractivity contribution is -0.128. The Bertz CT molecular complexity index is 671. The van der Waals surface area contributed by atoms with Gasteiger partial charge >= 0.3 is 5.97 Å². The van der Waals surface area contributed by atoms with E-state index >= 15 is 0 Å². The van der Waals surface area contributed by atoms with Crippen LogP contribution in [0.3, 0.4) is 0 Å². The summed E-state index contributed by atoms with van der Waals surface area (Å²) < 4.78 is 6.11. The molecule has 0 amide bonds. The van der Waals surface area contributed by atoms with E-state index in [2.05, 4.69) is 15.9 Å². The van der Waals surface area contributed by atoms with E-state index in [-0.39, 0.29) is 0 Å². The predicted octanol–water partition coefficient (Wildman–Crippen LogP) is 5.68. The first-order valence-electron chi connectivity index (χ1n) is 6.07. The summed E-state index contributed by atoms with van der Waals surface area (Å²) in [6.07, 6.45) is 3.00. The number of ether oxygens (including phenoxy) is 1. The first-order chi connectivity index (χ1) is 9.95. The van der Waals surface area contributed by atoms with Crippen LogP contribution in [0.25, 0.3) is 6.08 Å². The smallest absolute Gasteiger partial charge is 0.336 e. The van der Waals surface area contributed by atoms with E-state index in [9.17, 15) is 4.79 Å². The molecule has 0 N–H and O–H groups in total. The third kappa shape index (κ3) is 4.60. The minimum Gasteiger partial charge on any atom is -0.421 e. The molecule has 0 radical (unpaired) electrons. The van der Waals surface area contributed by atoms with Crippen LogP contribution >= 0.6 is 39.1 Å². The number of carbonyl (C=O) groups is 1. The van der Waals surface area contributed by atoms with Crippen LogP contribution in [0.1, 0.15) is 11.1 Å². The van der Waals surface area contributed by atoms with Crippen LogP contribution in [0, 0.1) is 6.92 Å². The maximum Gasteiger partial charge on any atom is 0.336 e. The SMILES string of the molecule is Cc1cc(Br)cc(Cl)c1OC(=O)C=Cc1ccc(Cl)cc1. The molecular formula is C16H11BrCl2O2. The van der Waals surface area contributed by atoms with Crippen LogP contribution in [0.15, 0.2) is 46.9 Å². The topological polar surface area (TPSA) is 26.3 Å². The van der Waals surface area contributed by atoms with Crippen molar-refractivity contribution in [2.24, 2.45) is 0 Å². The standard InChI is InChI=1S/C16H11BrCl2O2/c1-10-8-12(17)9-14(19)16(10)21-15(20)7-4-11-2-5-13(18)6-3-11/h2-9H,1H3. The second-order valence-corrected chi connectivity index (χ2v) is 6.10. The summed E-state index contributed by atoms with van der Waals surface area (Å²) in [7, 11) is 0. The van der Waals surface area contributed by atoms with Crippen LogP contribution in [0.4, 0.5) is 0 Å². The maximum atomic E-state index is 11.8. The van der Waals surface area contributed by atoms with E-state index in [0.717, 1.165) is 15.6 Å². The lowest BCUT2D eigenvalue weighted by Gasteiger charge is -2.08. The number of halogens is 3. The second-order valence-electron chi connectivity index (χ2n) is 4.34. The van der Waals surface area contributed by atoms with Gasteiger partial charge in [0, 0.05) is 15.6 Å². The molecular weight excluding hydrogens is 375 g/mol. The van der Waals surface area contributed by atoms with E-state index in [0.29, 0.717) is 15.8 Å². The maximum absolute atomic E-state index is 11.8. The molecule has 108 valence electrons. The molecule has 0 aliphatic rings. The van der Waals surface area contributed by atoms with Crippen molar-refractivity contribution in [1.29, 1.82) is 0 Å². The highest BCUT2D eigenvalue weighted by molar-refractivity contribution is 9.10. The summed E-state index contributed by atoms with van der Waals surface area (Å²) in [6, 6.07) is 10.6. The molecule has 2 nitrogen and oxygen atoms in total. The highest BCUT2D eigenvalue weighted by Gasteiger charge is 2.10. The van der Waals surface area contributed by atoms with E-state index in [4.69, 9.17) is 27.9 Å². The van der Waals surface area contributed by atoms with Crippen molar-refractivity contribution in [3.8, 4) is 5.75 Å². The lowest BCUT2D eigenvalue weighted by Crippen LogP contribution is -2.05. The average Bonchev–Trinajstić information content (AvgIpc) is 2.42. The quantitative estimate of drug-likeness (QED) is 0.385. The van der Waals surface area contributed by atoms with Gasteiger partial charge < -0.3 is 4.74 Å². The van der Waals surface area contributed by atoms with E-state index in [1.807, 2.05) is 25.1 Å². The van der Waals surface area contributed by atoms with Gasteiger partial charge in [0.1, 0.15) is 0 Å². The third-order valence-electron chi connectivity index (χ3n) is 2.68. The number of hydrogen-bond acceptors (Lipinski definition) is 2. The molecule has 0 aliphatic carbocycles. The fraction of sp³-hybridized carbons (Fsp3) is 0.0625. The molecule has 2 rings (SSSR count). The minimum atomic E-state index is -0.489. The van der Waals surface area contributed by atoms with Crippen molar-refractivity contribution in [3.63, 3.8) is 0 Å². The molecule has 0 saturated heterocycles. The van der Waals surface area contributed by atoms with Crippen LogP contribution < -0.4 is 4.74 Å². The summed E-state index contributed by atoms with van der Waals surface area (Å²) in [5.41, 5.74) is 1.64. The van der Waals surface area contributed by atoms with Crippen molar-refractivity contribution in [2.45, 2.75) is 6.92 Å². The molecule has 0 spiro atoms. The van der Waals surface area contributed by atoms with Crippen molar-refractivity contribution in [3.05, 3.63) is 68.1 Å². The molecule has 0 bridgehead atoms. The fourth-order valence-electron chi connectivity index (χ4n) is 1.69. The highest BCUT2D eigenvalue weighted by Crippen LogP contribution is 2.32. The number of aryl methyl sites for hydroxylation is 1. The van der Waals surface area contributed by atoms with Gasteiger partial charge in [-0.2, -0.15) is 0 Å². The summed E-state index contributed by atoms with van der Waals surface area (Å²) in [4.78, 5) is 11.8. The Morgan fingerprint density at radius 3 is 2.48 bits per heavy atom. The van der Waals surface area contributed by atoms with E-state index < -0.39 is 5.97 Å². The summed E-state index contributed by atoms with van der Waals surface area (Å²) in [5, 5.41) is 1.03. The molecule has 0 aliphatic heterocycles. The second kappa shape index (κ2) is 7.12. The Labute approximate surface area is 141 Å². The largest absolute Gasteiger partial charge is 0.421 e. The van der Waals surface area contributed by atoms with Crippen molar-refractivity contribution in [1.82, 2.24) is 0 Å². The van der Waals surface area contributed by atoms with Gasteiger partial charge in [-0.15, -0.1) is 0 Å². The molecule has 2 aromatic carbocycles. The third-order valence-corrected chi connectivity index (χ3v) is 3.67. The van der Waals surface area contributed by atoms with Gasteiger partial charge in [-0.3, -0.25) is 0 Å². The minimum absolute atomic E-state index is 0.366. The summed E-state index contributed by atoms with van der Waals surface area (Å²) >= 11 is 15.2. The Morgan fingerprint density at radius 2 is 1.86 bits per heavy atom. The Kier molecular flexibility index (Phi) is 5.45. The van der Waals surface area contributed by atoms with Gasteiger partial charge in [0.05, 0.1) is 5.02 Å². The normalized spacial score (nSPS) is 10.9. The highest BCUT2D eigenvalue weighted by atomic mass is 79.9. The van der Waals surface area contributed by atoms with Gasteiger partial charge in [-0.05, 0) is 48.4 Å². The molecule has 5 heteroatoms. The molecule has 0 fully saturated rings. The van der Waals surface area contributed by atoms with Crippen molar-refractivity contribution in [2.75, 3.05) is 0 Å². The monoisotopic (exact) mass is 384 g/mol. The molecule has 21 heavy (non-hydrogen) atoms. The Hall–Kier alpha value is -1.29. The number of benzene rings is 2. The average molecular weight is 386 g/mol. The van der Waals surface area contributed by atoms with Crippen molar-refractivity contribution >= 4 is 51.2 Å². The van der Waals surface area contributed by atoms with Crippen LogP contribution in [-0.4, -0.2) is 5.97 Å². The Balaban J connectivity index is 2.10. The Morgan fingerprint density at radius 1 is 1.19 bits per heavy atom. The molecule has 0 aromatic heterocycles. The predicted molar refractivity (Wildman–Crippen MR) is 90.0 cm³/mol. The molecule has 0 saturated carbocycles. The fourth-order valence-corrected chi connectivity index (χ4v) is 2.83. The van der Waals surface area contributed by atoms with E-state index in [1.165, 1.54) is 6.08 Å². The lowest BCUT2D eigenvalue weighted by atomic mass is 10.2. The van der Waals surface area contributed by atoms with Crippen LogP contribution in [0.5, 0.6) is 5.75 Å². The van der Waals surface area contributed by atoms with Gasteiger partial charge in [0.25, 0.3) is 0 Å². The molecule has 0 heterocycles. The zero-order valence-electron chi connectivity index (χ0n) is 11.1. The molecule has 2 aromatic rings. The number of carbonyl (C=O) groups excluding carboxylic acids is 1. The molecule has 0 atom stereocenters. The van der Waals surface area contributed by atoms with Gasteiger partial charge in [-0.1, -0.05) is 51.3 Å². The van der Waals surface area contributed by atoms with Gasteiger partial charge in [-0.25, -0.2) is 4.79 Å². The number of esters is 1. The number of hydrogen-bond donors (Lipinski definition) is 0. The summed E-state index contributed by atoms with van der Waals surface area (Å²) in [5.74, 6) is -0.122. The van der Waals surface area contributed by atoms with Gasteiger partial charge in [0.2, 0.25) is 0 Å². The van der Waals surface area contributed by atoms with Crippen LogP contribution in [-0.2, 0) is 4.79 Å². The molecule has 0 unspecified atom stereocenters. The first kappa shape index (κ1) is 16.1. The van der Waals surface area contributed by atoms with E-state index in [1.54, 1.807) is 24.3 Å². The van der Waals surface area contributed by atoms with Gasteiger partial charge in [0.15, 0.2) is 5.75 Å².